The molecule has 0 atom stereocenters. The molecule has 28 heavy (non-hydrogen) atoms. The van der Waals surface area contributed by atoms with Gasteiger partial charge in [-0.25, -0.2) is 4.98 Å². The maximum absolute atomic E-state index is 12.2. The molecule has 0 saturated carbocycles. The van der Waals surface area contributed by atoms with E-state index in [0.717, 1.165) is 30.2 Å². The summed E-state index contributed by atoms with van der Waals surface area (Å²) >= 11 is 0. The summed E-state index contributed by atoms with van der Waals surface area (Å²) in [7, 11) is 1.60. The molecule has 0 unspecified atom stereocenters. The number of hydrogen-bond donors (Lipinski definition) is 1. The van der Waals surface area contributed by atoms with Crippen LogP contribution in [0.3, 0.4) is 0 Å². The number of para-hydroxylation sites is 1. The smallest absolute Gasteiger partial charge is 0.224 e. The molecule has 1 saturated heterocycles. The number of amides is 1. The third-order valence-corrected chi connectivity index (χ3v) is 4.70. The zero-order chi connectivity index (χ0) is 19.8. The van der Waals surface area contributed by atoms with E-state index in [1.807, 2.05) is 37.3 Å². The fourth-order valence-electron chi connectivity index (χ4n) is 3.31. The van der Waals surface area contributed by atoms with Crippen molar-refractivity contribution in [3.05, 3.63) is 41.7 Å². The minimum absolute atomic E-state index is 0.0685. The highest BCUT2D eigenvalue weighted by molar-refractivity contribution is 5.79. The second-order valence-electron chi connectivity index (χ2n) is 6.85. The molecule has 7 nitrogen and oxygen atoms in total. The summed E-state index contributed by atoms with van der Waals surface area (Å²) in [5.74, 6) is 2.81. The topological polar surface area (TPSA) is 76.6 Å². The molecule has 1 aromatic heterocycles. The van der Waals surface area contributed by atoms with Crippen molar-refractivity contribution >= 4 is 11.7 Å². The lowest BCUT2D eigenvalue weighted by Gasteiger charge is -2.28. The number of methoxy groups -OCH3 is 1. The Balaban J connectivity index is 1.47. The number of nitrogens with zero attached hydrogens (tertiary/aromatic N) is 3. The maximum Gasteiger partial charge on any atom is 0.224 e. The predicted octanol–water partition coefficient (Wildman–Crippen LogP) is 2.52. The largest absolute Gasteiger partial charge is 0.496 e. The van der Waals surface area contributed by atoms with Crippen LogP contribution in [-0.4, -0.2) is 49.2 Å². The number of piperidine rings is 1. The van der Waals surface area contributed by atoms with Gasteiger partial charge in [-0.1, -0.05) is 18.2 Å². The van der Waals surface area contributed by atoms with E-state index in [2.05, 4.69) is 20.2 Å². The third kappa shape index (κ3) is 5.58. The lowest BCUT2D eigenvalue weighted by molar-refractivity contribution is -0.120. The highest BCUT2D eigenvalue weighted by atomic mass is 16.5. The van der Waals surface area contributed by atoms with Gasteiger partial charge in [-0.05, 0) is 32.3 Å². The Morgan fingerprint density at radius 1 is 1.18 bits per heavy atom. The zero-order valence-corrected chi connectivity index (χ0v) is 16.6. The van der Waals surface area contributed by atoms with Gasteiger partial charge in [0, 0.05) is 24.7 Å². The third-order valence-electron chi connectivity index (χ3n) is 4.70. The van der Waals surface area contributed by atoms with Gasteiger partial charge in [-0.3, -0.25) is 4.79 Å². The van der Waals surface area contributed by atoms with Crippen molar-refractivity contribution in [3.8, 4) is 11.6 Å². The highest BCUT2D eigenvalue weighted by Gasteiger charge is 2.14. The number of anilines is 1. The quantitative estimate of drug-likeness (QED) is 0.705. The van der Waals surface area contributed by atoms with Gasteiger partial charge in [0.15, 0.2) is 0 Å². The number of benzene rings is 1. The number of aryl methyl sites for hydroxylation is 1. The van der Waals surface area contributed by atoms with Crippen LogP contribution < -0.4 is 19.7 Å². The summed E-state index contributed by atoms with van der Waals surface area (Å²) in [5.41, 5.74) is 0.862. The van der Waals surface area contributed by atoms with E-state index >= 15 is 0 Å². The first-order chi connectivity index (χ1) is 13.7. The zero-order valence-electron chi connectivity index (χ0n) is 16.6. The van der Waals surface area contributed by atoms with Crippen molar-refractivity contribution in [2.45, 2.75) is 32.6 Å². The average Bonchev–Trinajstić information content (AvgIpc) is 2.72. The fourth-order valence-corrected chi connectivity index (χ4v) is 3.31. The minimum Gasteiger partial charge on any atom is -0.496 e. The van der Waals surface area contributed by atoms with Crippen LogP contribution in [0.5, 0.6) is 11.6 Å². The first kappa shape index (κ1) is 19.9. The van der Waals surface area contributed by atoms with E-state index in [4.69, 9.17) is 9.47 Å². The number of carbonyl (C=O) groups excluding carboxylic acids is 1. The summed E-state index contributed by atoms with van der Waals surface area (Å²) in [6, 6.07) is 9.40. The second-order valence-corrected chi connectivity index (χ2v) is 6.85. The molecule has 0 spiro atoms. The van der Waals surface area contributed by atoms with Crippen LogP contribution in [-0.2, 0) is 11.2 Å². The Bertz CT molecular complexity index is 791. The van der Waals surface area contributed by atoms with E-state index in [-0.39, 0.29) is 12.3 Å². The number of hydrogen-bond acceptors (Lipinski definition) is 6. The van der Waals surface area contributed by atoms with E-state index in [9.17, 15) is 4.79 Å². The molecular formula is C21H28N4O3. The standard InChI is InChI=1S/C21H28N4O3/c1-16-23-19(25-11-6-3-7-12-25)15-21(24-16)28-13-10-22-20(26)14-17-8-4-5-9-18(17)27-2/h4-5,8-9,15H,3,6-7,10-14H2,1-2H3,(H,22,26). The molecule has 7 heteroatoms. The monoisotopic (exact) mass is 384 g/mol. The van der Waals surface area contributed by atoms with Gasteiger partial charge in [0.1, 0.15) is 24.0 Å². The molecule has 1 aliphatic heterocycles. The summed E-state index contributed by atoms with van der Waals surface area (Å²) in [4.78, 5) is 23.3. The van der Waals surface area contributed by atoms with Crippen molar-refractivity contribution in [1.29, 1.82) is 0 Å². The van der Waals surface area contributed by atoms with Gasteiger partial charge >= 0.3 is 0 Å². The van der Waals surface area contributed by atoms with Crippen LogP contribution in [0.4, 0.5) is 5.82 Å². The molecule has 150 valence electrons. The molecule has 1 aliphatic rings. The molecule has 0 aliphatic carbocycles. The summed E-state index contributed by atoms with van der Waals surface area (Å²) < 4.78 is 11.0. The predicted molar refractivity (Wildman–Crippen MR) is 108 cm³/mol. The molecule has 1 fully saturated rings. The Hall–Kier alpha value is -2.83. The molecule has 2 heterocycles. The van der Waals surface area contributed by atoms with Crippen molar-refractivity contribution < 1.29 is 14.3 Å². The lowest BCUT2D eigenvalue weighted by atomic mass is 10.1. The summed E-state index contributed by atoms with van der Waals surface area (Å²) in [6.07, 6.45) is 3.93. The van der Waals surface area contributed by atoms with Crippen molar-refractivity contribution in [3.63, 3.8) is 0 Å². The molecule has 0 bridgehead atoms. The van der Waals surface area contributed by atoms with Crippen LogP contribution in [0.2, 0.25) is 0 Å². The van der Waals surface area contributed by atoms with Crippen molar-refractivity contribution in [2.24, 2.45) is 0 Å². The van der Waals surface area contributed by atoms with E-state index in [1.54, 1.807) is 7.11 Å². The SMILES string of the molecule is COc1ccccc1CC(=O)NCCOc1cc(N2CCCCC2)nc(C)n1. The number of nitrogens with one attached hydrogen (secondary N) is 1. The fraction of sp³-hybridized carbons (Fsp3) is 0.476. The number of rotatable bonds is 8. The van der Waals surface area contributed by atoms with Gasteiger partial charge in [0.25, 0.3) is 0 Å². The van der Waals surface area contributed by atoms with Gasteiger partial charge in [-0.15, -0.1) is 0 Å². The minimum atomic E-state index is -0.0685. The van der Waals surface area contributed by atoms with Gasteiger partial charge in [0.05, 0.1) is 20.1 Å². The van der Waals surface area contributed by atoms with Gasteiger partial charge in [-0.2, -0.15) is 4.98 Å². The normalized spacial score (nSPS) is 13.9. The maximum atomic E-state index is 12.2. The van der Waals surface area contributed by atoms with Crippen LogP contribution in [0.15, 0.2) is 30.3 Å². The molecule has 2 aromatic rings. The average molecular weight is 384 g/mol. The van der Waals surface area contributed by atoms with Crippen LogP contribution in [0.1, 0.15) is 30.7 Å². The molecule has 1 amide bonds. The Kier molecular flexibility index (Phi) is 7.06. The van der Waals surface area contributed by atoms with Crippen LogP contribution in [0.25, 0.3) is 0 Å². The Morgan fingerprint density at radius 2 is 1.96 bits per heavy atom. The number of aromatic nitrogens is 2. The number of carbonyl (C=O) groups is 1. The number of ether oxygens (including phenoxy) is 2. The molecular weight excluding hydrogens is 356 g/mol. The van der Waals surface area contributed by atoms with Crippen molar-refractivity contribution in [2.75, 3.05) is 38.3 Å². The Morgan fingerprint density at radius 3 is 2.75 bits per heavy atom. The first-order valence-corrected chi connectivity index (χ1v) is 9.78. The Labute approximate surface area is 166 Å². The summed E-state index contributed by atoms with van der Waals surface area (Å²) in [6.45, 7) is 4.68. The highest BCUT2D eigenvalue weighted by Crippen LogP contribution is 2.21. The molecule has 0 radical (unpaired) electrons. The van der Waals surface area contributed by atoms with Crippen molar-refractivity contribution in [1.82, 2.24) is 15.3 Å². The van der Waals surface area contributed by atoms with E-state index < -0.39 is 0 Å². The molecule has 3 rings (SSSR count). The lowest BCUT2D eigenvalue weighted by Crippen LogP contribution is -2.31. The van der Waals surface area contributed by atoms with Gasteiger partial charge in [0.2, 0.25) is 11.8 Å². The summed E-state index contributed by atoms with van der Waals surface area (Å²) in [5, 5.41) is 2.87. The van der Waals surface area contributed by atoms with Gasteiger partial charge < -0.3 is 19.7 Å². The molecule has 1 aromatic carbocycles. The van der Waals surface area contributed by atoms with E-state index in [1.165, 1.54) is 19.3 Å². The van der Waals surface area contributed by atoms with E-state index in [0.29, 0.717) is 24.9 Å². The molecule has 1 N–H and O–H groups in total. The van der Waals surface area contributed by atoms with Crippen LogP contribution in [0, 0.1) is 6.92 Å². The first-order valence-electron chi connectivity index (χ1n) is 9.78. The van der Waals surface area contributed by atoms with Crippen LogP contribution >= 0.6 is 0 Å². The second kappa shape index (κ2) is 9.92.